The van der Waals surface area contributed by atoms with Crippen molar-refractivity contribution in [1.29, 1.82) is 5.26 Å². The van der Waals surface area contributed by atoms with Gasteiger partial charge in [0.25, 0.3) is 0 Å². The molecule has 162 valence electrons. The largest absolute Gasteiger partial charge is 0.491 e. The number of ether oxygens (including phenoxy) is 3. The summed E-state index contributed by atoms with van der Waals surface area (Å²) in [5.74, 6) is 0.525. The van der Waals surface area contributed by atoms with Gasteiger partial charge in [0.05, 0.1) is 26.3 Å². The van der Waals surface area contributed by atoms with Crippen LogP contribution in [0.5, 0.6) is 5.75 Å². The first kappa shape index (κ1) is 21.9. The van der Waals surface area contributed by atoms with E-state index in [4.69, 9.17) is 14.2 Å². The molecule has 0 saturated carbocycles. The molecule has 2 aliphatic rings. The van der Waals surface area contributed by atoms with Crippen molar-refractivity contribution >= 4 is 18.3 Å². The van der Waals surface area contributed by atoms with Crippen LogP contribution in [0.3, 0.4) is 0 Å². The van der Waals surface area contributed by atoms with E-state index in [2.05, 4.69) is 38.1 Å². The summed E-state index contributed by atoms with van der Waals surface area (Å²) in [5, 5.41) is 15.5. The summed E-state index contributed by atoms with van der Waals surface area (Å²) in [6.07, 6.45) is 2.74. The van der Waals surface area contributed by atoms with E-state index in [0.717, 1.165) is 45.0 Å². The molecule has 2 heterocycles. The molecule has 0 spiro atoms. The number of anilines is 1. The maximum Gasteiger partial charge on any atom is 0.171 e. The molecule has 1 fully saturated rings. The molecular formula is C21H30N6O3. The second-order valence-corrected chi connectivity index (χ2v) is 7.15. The zero-order chi connectivity index (χ0) is 21.2. The molecule has 1 aromatic carbocycles. The monoisotopic (exact) mass is 414 g/mol. The van der Waals surface area contributed by atoms with Gasteiger partial charge >= 0.3 is 0 Å². The van der Waals surface area contributed by atoms with Crippen LogP contribution in [0, 0.1) is 17.2 Å². The van der Waals surface area contributed by atoms with Crippen LogP contribution in [0.25, 0.3) is 0 Å². The van der Waals surface area contributed by atoms with Gasteiger partial charge < -0.3 is 19.1 Å². The number of benzene rings is 1. The van der Waals surface area contributed by atoms with Gasteiger partial charge in [-0.05, 0) is 24.3 Å². The van der Waals surface area contributed by atoms with Crippen molar-refractivity contribution in [3.05, 3.63) is 24.3 Å². The highest BCUT2D eigenvalue weighted by atomic mass is 16.5. The Kier molecular flexibility index (Phi) is 8.30. The Bertz CT molecular complexity index is 740. The van der Waals surface area contributed by atoms with Gasteiger partial charge in [0, 0.05) is 51.7 Å². The number of aliphatic imine (C=N–C) groups is 1. The number of methoxy groups -OCH3 is 2. The molecule has 2 aliphatic heterocycles. The number of piperazine rings is 1. The van der Waals surface area contributed by atoms with E-state index >= 15 is 0 Å². The molecular weight excluding hydrogens is 384 g/mol. The zero-order valence-corrected chi connectivity index (χ0v) is 17.7. The van der Waals surface area contributed by atoms with Crippen LogP contribution in [0.2, 0.25) is 0 Å². The maximum atomic E-state index is 9.27. The van der Waals surface area contributed by atoms with Gasteiger partial charge in [-0.25, -0.2) is 4.99 Å². The normalized spacial score (nSPS) is 21.9. The fraction of sp³-hybridized carbons (Fsp3) is 0.571. The first-order valence-electron chi connectivity index (χ1n) is 10.2. The second-order valence-electron chi connectivity index (χ2n) is 7.15. The molecule has 2 atom stereocenters. The molecule has 30 heavy (non-hydrogen) atoms. The van der Waals surface area contributed by atoms with E-state index in [9.17, 15) is 5.26 Å². The summed E-state index contributed by atoms with van der Waals surface area (Å²) in [6.45, 7) is 6.67. The molecule has 0 N–H and O–H groups in total. The summed E-state index contributed by atoms with van der Waals surface area (Å²) in [5.41, 5.74) is 1.21. The van der Waals surface area contributed by atoms with Crippen molar-refractivity contribution in [2.75, 3.05) is 71.6 Å². The van der Waals surface area contributed by atoms with Crippen LogP contribution in [0.4, 0.5) is 5.69 Å². The Labute approximate surface area is 178 Å². The first-order valence-corrected chi connectivity index (χ1v) is 10.2. The smallest absolute Gasteiger partial charge is 0.171 e. The summed E-state index contributed by atoms with van der Waals surface area (Å²) in [7, 11) is 3.22. The zero-order valence-electron chi connectivity index (χ0n) is 17.7. The Hall–Kier alpha value is -2.83. The van der Waals surface area contributed by atoms with E-state index in [1.807, 2.05) is 17.1 Å². The van der Waals surface area contributed by atoms with Crippen molar-refractivity contribution < 1.29 is 14.2 Å². The molecule has 9 heteroatoms. The minimum Gasteiger partial charge on any atom is -0.491 e. The molecule has 1 saturated heterocycles. The van der Waals surface area contributed by atoms with Gasteiger partial charge in [-0.15, -0.1) is 0 Å². The van der Waals surface area contributed by atoms with Crippen LogP contribution in [-0.2, 0) is 9.47 Å². The second kappa shape index (κ2) is 11.4. The standard InChI is InChI=1S/C21H30N6O3/c1-28-13-14-30-20-5-3-19(4-6-20)26-10-7-25(8-11-26)9-12-27-21(23-17-29-2)18(15-22)16-24-27/h3-6,16-18,21H,7-14H2,1-2H3/b23-17+. The molecule has 0 radical (unpaired) electrons. The van der Waals surface area contributed by atoms with Gasteiger partial charge in [-0.3, -0.25) is 9.91 Å². The van der Waals surface area contributed by atoms with Gasteiger partial charge in [0.15, 0.2) is 12.6 Å². The fourth-order valence-electron chi connectivity index (χ4n) is 3.54. The van der Waals surface area contributed by atoms with Crippen molar-refractivity contribution in [2.45, 2.75) is 6.17 Å². The predicted octanol–water partition coefficient (Wildman–Crippen LogP) is 1.28. The molecule has 9 nitrogen and oxygen atoms in total. The lowest BCUT2D eigenvalue weighted by Crippen LogP contribution is -2.48. The molecule has 2 unspecified atom stereocenters. The average Bonchev–Trinajstić information content (AvgIpc) is 3.19. The maximum absolute atomic E-state index is 9.27. The predicted molar refractivity (Wildman–Crippen MR) is 116 cm³/mol. The van der Waals surface area contributed by atoms with Gasteiger partial charge in [0.1, 0.15) is 18.3 Å². The Balaban J connectivity index is 1.43. The number of nitriles is 1. The molecule has 3 rings (SSSR count). The van der Waals surface area contributed by atoms with E-state index in [1.165, 1.54) is 12.1 Å². The summed E-state index contributed by atoms with van der Waals surface area (Å²) < 4.78 is 15.5. The first-order chi connectivity index (χ1) is 14.7. The Morgan fingerprint density at radius 1 is 1.13 bits per heavy atom. The van der Waals surface area contributed by atoms with E-state index < -0.39 is 0 Å². The molecule has 0 aliphatic carbocycles. The fourth-order valence-corrected chi connectivity index (χ4v) is 3.54. The van der Waals surface area contributed by atoms with Crippen molar-refractivity contribution in [3.63, 3.8) is 0 Å². The number of hydrazone groups is 1. The van der Waals surface area contributed by atoms with Crippen LogP contribution >= 0.6 is 0 Å². The van der Waals surface area contributed by atoms with Crippen LogP contribution in [0.1, 0.15) is 0 Å². The highest BCUT2D eigenvalue weighted by molar-refractivity contribution is 5.67. The summed E-state index contributed by atoms with van der Waals surface area (Å²) in [6, 6.07) is 10.5. The topological polar surface area (TPSA) is 85.9 Å². The van der Waals surface area contributed by atoms with Crippen LogP contribution in [0.15, 0.2) is 34.4 Å². The van der Waals surface area contributed by atoms with Crippen molar-refractivity contribution in [3.8, 4) is 11.8 Å². The number of nitrogens with zero attached hydrogens (tertiary/aromatic N) is 6. The third-order valence-electron chi connectivity index (χ3n) is 5.25. The summed E-state index contributed by atoms with van der Waals surface area (Å²) in [4.78, 5) is 9.12. The number of hydrogen-bond acceptors (Lipinski definition) is 9. The SMILES string of the molecule is CO/C=N/C1C(C#N)C=NN1CCN1CCN(c2ccc(OCCOC)cc2)CC1. The quantitative estimate of drug-likeness (QED) is 0.324. The van der Waals surface area contributed by atoms with Crippen LogP contribution < -0.4 is 9.64 Å². The Morgan fingerprint density at radius 2 is 1.90 bits per heavy atom. The van der Waals surface area contributed by atoms with Crippen LogP contribution in [-0.4, -0.2) is 95.4 Å². The molecule has 0 amide bonds. The number of hydrogen-bond donors (Lipinski definition) is 0. The highest BCUT2D eigenvalue weighted by Gasteiger charge is 2.30. The lowest BCUT2D eigenvalue weighted by molar-refractivity contribution is 0.146. The van der Waals surface area contributed by atoms with Gasteiger partial charge in [0.2, 0.25) is 0 Å². The summed E-state index contributed by atoms with van der Waals surface area (Å²) >= 11 is 0. The lowest BCUT2D eigenvalue weighted by Gasteiger charge is -2.37. The molecule has 1 aromatic rings. The average molecular weight is 415 g/mol. The minimum atomic E-state index is -0.338. The van der Waals surface area contributed by atoms with E-state index in [0.29, 0.717) is 13.2 Å². The van der Waals surface area contributed by atoms with E-state index in [-0.39, 0.29) is 12.1 Å². The minimum absolute atomic E-state index is 0.305. The van der Waals surface area contributed by atoms with E-state index in [1.54, 1.807) is 20.4 Å². The lowest BCUT2D eigenvalue weighted by atomic mass is 10.1. The third-order valence-corrected chi connectivity index (χ3v) is 5.25. The number of rotatable bonds is 10. The highest BCUT2D eigenvalue weighted by Crippen LogP contribution is 2.21. The van der Waals surface area contributed by atoms with Gasteiger partial charge in [-0.2, -0.15) is 10.4 Å². The Morgan fingerprint density at radius 3 is 2.57 bits per heavy atom. The molecule has 0 aromatic heterocycles. The van der Waals surface area contributed by atoms with Crippen molar-refractivity contribution in [1.82, 2.24) is 9.91 Å². The third kappa shape index (κ3) is 5.84. The molecule has 0 bridgehead atoms. The van der Waals surface area contributed by atoms with Crippen molar-refractivity contribution in [2.24, 2.45) is 16.0 Å². The van der Waals surface area contributed by atoms with Gasteiger partial charge in [-0.1, -0.05) is 0 Å².